The minimum absolute atomic E-state index is 0.277. The number of rotatable bonds is 1. The van der Waals surface area contributed by atoms with Gasteiger partial charge in [0, 0.05) is 5.56 Å². The summed E-state index contributed by atoms with van der Waals surface area (Å²) in [6.45, 7) is 4.12. The van der Waals surface area contributed by atoms with E-state index in [1.54, 1.807) is 0 Å². The Morgan fingerprint density at radius 2 is 1.87 bits per heavy atom. The fraction of sp³-hybridized carbons (Fsp3) is 0.273. The van der Waals surface area contributed by atoms with Gasteiger partial charge in [0.15, 0.2) is 0 Å². The molecule has 0 aliphatic carbocycles. The first kappa shape index (κ1) is 10.3. The maximum Gasteiger partial charge on any atom is 0.119 e. The SMILES string of the molecule is Cc1cc(C)cc(C2=NNC(=S)C2N)c1. The zero-order valence-corrected chi connectivity index (χ0v) is 9.56. The molecule has 1 unspecified atom stereocenters. The number of aryl methyl sites for hydroxylation is 2. The van der Waals surface area contributed by atoms with Gasteiger partial charge in [0.2, 0.25) is 0 Å². The average Bonchev–Trinajstić information content (AvgIpc) is 2.46. The van der Waals surface area contributed by atoms with Gasteiger partial charge in [-0.15, -0.1) is 0 Å². The van der Waals surface area contributed by atoms with Gasteiger partial charge in [-0.3, -0.25) is 5.43 Å². The van der Waals surface area contributed by atoms with Gasteiger partial charge < -0.3 is 5.73 Å². The molecule has 3 N–H and O–H groups in total. The van der Waals surface area contributed by atoms with Crippen LogP contribution in [0, 0.1) is 13.8 Å². The zero-order valence-electron chi connectivity index (χ0n) is 8.74. The summed E-state index contributed by atoms with van der Waals surface area (Å²) in [5, 5.41) is 4.15. The lowest BCUT2D eigenvalue weighted by Gasteiger charge is -2.08. The second kappa shape index (κ2) is 3.72. The molecule has 1 aromatic rings. The molecular weight excluding hydrogens is 206 g/mol. The summed E-state index contributed by atoms with van der Waals surface area (Å²) in [4.78, 5) is 0.587. The topological polar surface area (TPSA) is 50.4 Å². The molecule has 0 saturated heterocycles. The monoisotopic (exact) mass is 219 g/mol. The molecule has 1 aliphatic rings. The van der Waals surface area contributed by atoms with Gasteiger partial charge in [-0.25, -0.2) is 0 Å². The van der Waals surface area contributed by atoms with Crippen molar-refractivity contribution in [3.8, 4) is 0 Å². The standard InChI is InChI=1S/C11H13N3S/c1-6-3-7(2)5-8(4-6)10-9(12)11(15)14-13-10/h3-5,9H,12H2,1-2H3,(H,14,15). The van der Waals surface area contributed by atoms with E-state index in [4.69, 9.17) is 18.0 Å². The Kier molecular flexibility index (Phi) is 2.54. The maximum atomic E-state index is 5.92. The zero-order chi connectivity index (χ0) is 11.0. The van der Waals surface area contributed by atoms with Crippen LogP contribution in [0.3, 0.4) is 0 Å². The Labute approximate surface area is 94.4 Å². The van der Waals surface area contributed by atoms with E-state index in [-0.39, 0.29) is 6.04 Å². The van der Waals surface area contributed by atoms with Gasteiger partial charge in [-0.1, -0.05) is 41.5 Å². The summed E-state index contributed by atoms with van der Waals surface area (Å²) in [6, 6.07) is 5.99. The van der Waals surface area contributed by atoms with E-state index in [9.17, 15) is 0 Å². The van der Waals surface area contributed by atoms with Crippen molar-refractivity contribution in [2.75, 3.05) is 0 Å². The van der Waals surface area contributed by atoms with Crippen LogP contribution >= 0.6 is 12.2 Å². The van der Waals surface area contributed by atoms with E-state index < -0.39 is 0 Å². The molecule has 0 saturated carbocycles. The molecule has 3 nitrogen and oxygen atoms in total. The second-order valence-corrected chi connectivity index (χ2v) is 4.27. The van der Waals surface area contributed by atoms with Gasteiger partial charge >= 0.3 is 0 Å². The Hall–Kier alpha value is -1.26. The number of hydrogen-bond acceptors (Lipinski definition) is 3. The van der Waals surface area contributed by atoms with Gasteiger partial charge in [-0.05, 0) is 13.8 Å². The highest BCUT2D eigenvalue weighted by Crippen LogP contribution is 2.13. The molecule has 1 atom stereocenters. The van der Waals surface area contributed by atoms with Crippen LogP contribution in [0.25, 0.3) is 0 Å². The summed E-state index contributed by atoms with van der Waals surface area (Å²) < 4.78 is 0. The smallest absolute Gasteiger partial charge is 0.119 e. The number of hydrazone groups is 1. The highest BCUT2D eigenvalue weighted by atomic mass is 32.1. The van der Waals surface area contributed by atoms with Crippen molar-refractivity contribution in [2.45, 2.75) is 19.9 Å². The van der Waals surface area contributed by atoms with Gasteiger partial charge in [0.1, 0.15) is 11.0 Å². The van der Waals surface area contributed by atoms with E-state index in [0.717, 1.165) is 11.3 Å². The number of benzene rings is 1. The normalized spacial score (nSPS) is 20.1. The first-order valence-corrected chi connectivity index (χ1v) is 5.20. The molecule has 78 valence electrons. The highest BCUT2D eigenvalue weighted by molar-refractivity contribution is 7.80. The second-order valence-electron chi connectivity index (χ2n) is 3.83. The lowest BCUT2D eigenvalue weighted by molar-refractivity contribution is 1.06. The van der Waals surface area contributed by atoms with Crippen molar-refractivity contribution < 1.29 is 0 Å². The van der Waals surface area contributed by atoms with Crippen LogP contribution in [0.15, 0.2) is 23.3 Å². The van der Waals surface area contributed by atoms with Crippen LogP contribution in [-0.2, 0) is 0 Å². The average molecular weight is 219 g/mol. The molecular formula is C11H13N3S. The Morgan fingerprint density at radius 1 is 1.27 bits per heavy atom. The molecule has 15 heavy (non-hydrogen) atoms. The predicted octanol–water partition coefficient (Wildman–Crippen LogP) is 1.27. The molecule has 0 radical (unpaired) electrons. The van der Waals surface area contributed by atoms with E-state index >= 15 is 0 Å². The van der Waals surface area contributed by atoms with E-state index in [2.05, 4.69) is 42.6 Å². The van der Waals surface area contributed by atoms with Crippen molar-refractivity contribution in [1.82, 2.24) is 5.43 Å². The van der Waals surface area contributed by atoms with Crippen LogP contribution in [-0.4, -0.2) is 16.7 Å². The number of nitrogens with zero attached hydrogens (tertiary/aromatic N) is 1. The van der Waals surface area contributed by atoms with Crippen molar-refractivity contribution in [2.24, 2.45) is 10.8 Å². The predicted molar refractivity (Wildman–Crippen MR) is 66.2 cm³/mol. The summed E-state index contributed by atoms with van der Waals surface area (Å²) >= 11 is 5.03. The molecule has 1 aliphatic heterocycles. The third-order valence-electron chi connectivity index (χ3n) is 2.38. The molecule has 0 spiro atoms. The summed E-state index contributed by atoms with van der Waals surface area (Å²) in [5.41, 5.74) is 13.0. The summed E-state index contributed by atoms with van der Waals surface area (Å²) in [6.07, 6.45) is 0. The molecule has 2 rings (SSSR count). The maximum absolute atomic E-state index is 5.92. The lowest BCUT2D eigenvalue weighted by Crippen LogP contribution is -2.36. The summed E-state index contributed by atoms with van der Waals surface area (Å²) in [7, 11) is 0. The minimum Gasteiger partial charge on any atom is -0.317 e. The van der Waals surface area contributed by atoms with Gasteiger partial charge in [-0.2, -0.15) is 5.10 Å². The molecule has 0 aromatic heterocycles. The van der Waals surface area contributed by atoms with Crippen molar-refractivity contribution in [1.29, 1.82) is 0 Å². The third-order valence-corrected chi connectivity index (χ3v) is 2.73. The van der Waals surface area contributed by atoms with Gasteiger partial charge in [0.25, 0.3) is 0 Å². The number of thiocarbonyl (C=S) groups is 1. The first-order chi connectivity index (χ1) is 7.08. The molecule has 1 heterocycles. The van der Waals surface area contributed by atoms with Crippen molar-refractivity contribution in [3.63, 3.8) is 0 Å². The Morgan fingerprint density at radius 3 is 2.33 bits per heavy atom. The Balaban J connectivity index is 2.42. The van der Waals surface area contributed by atoms with Crippen LogP contribution in [0.5, 0.6) is 0 Å². The van der Waals surface area contributed by atoms with Gasteiger partial charge in [0.05, 0.1) is 5.71 Å². The Bertz CT molecular complexity index is 431. The fourth-order valence-corrected chi connectivity index (χ4v) is 1.90. The first-order valence-electron chi connectivity index (χ1n) is 4.79. The molecule has 4 heteroatoms. The van der Waals surface area contributed by atoms with Crippen LogP contribution in [0.1, 0.15) is 16.7 Å². The molecule has 0 fully saturated rings. The number of hydrogen-bond donors (Lipinski definition) is 2. The lowest BCUT2D eigenvalue weighted by atomic mass is 10.0. The highest BCUT2D eigenvalue weighted by Gasteiger charge is 2.23. The molecule has 1 aromatic carbocycles. The van der Waals surface area contributed by atoms with Crippen LogP contribution in [0.2, 0.25) is 0 Å². The quantitative estimate of drug-likeness (QED) is 0.699. The number of nitrogens with two attached hydrogens (primary N) is 1. The third kappa shape index (κ3) is 1.91. The summed E-state index contributed by atoms with van der Waals surface area (Å²) in [5.74, 6) is 0. The van der Waals surface area contributed by atoms with E-state index in [1.807, 2.05) is 0 Å². The van der Waals surface area contributed by atoms with Crippen molar-refractivity contribution in [3.05, 3.63) is 34.9 Å². The van der Waals surface area contributed by atoms with Crippen LogP contribution < -0.4 is 11.2 Å². The largest absolute Gasteiger partial charge is 0.317 e. The fourth-order valence-electron chi connectivity index (χ4n) is 1.75. The molecule has 0 bridgehead atoms. The van der Waals surface area contributed by atoms with Crippen molar-refractivity contribution >= 4 is 22.9 Å². The number of nitrogens with one attached hydrogen (secondary N) is 1. The minimum atomic E-state index is -0.277. The molecule has 0 amide bonds. The van der Waals surface area contributed by atoms with E-state index in [1.165, 1.54) is 11.1 Å². The van der Waals surface area contributed by atoms with Crippen LogP contribution in [0.4, 0.5) is 0 Å². The van der Waals surface area contributed by atoms with E-state index in [0.29, 0.717) is 4.99 Å².